The second-order valence-corrected chi connectivity index (χ2v) is 5.38. The molecule has 1 aromatic rings. The van der Waals surface area contributed by atoms with Crippen molar-refractivity contribution in [2.45, 2.75) is 25.6 Å². The van der Waals surface area contributed by atoms with Crippen molar-refractivity contribution >= 4 is 17.4 Å². The minimum absolute atomic E-state index is 0.0133. The van der Waals surface area contributed by atoms with Crippen LogP contribution in [0, 0.1) is 6.92 Å². The number of hydrogen-bond acceptors (Lipinski definition) is 6. The number of carbonyl (C=O) groups is 1. The Morgan fingerprint density at radius 2 is 2.22 bits per heavy atom. The quantitative estimate of drug-likeness (QED) is 0.755. The van der Waals surface area contributed by atoms with Crippen LogP contribution in [0.15, 0.2) is 0 Å². The fraction of sp³-hybridized carbons (Fsp3) is 0.727. The van der Waals surface area contributed by atoms with Gasteiger partial charge in [-0.3, -0.25) is 4.79 Å². The van der Waals surface area contributed by atoms with Gasteiger partial charge in [0.1, 0.15) is 4.88 Å². The number of ether oxygens (including phenoxy) is 2. The molecule has 0 unspecified atom stereocenters. The minimum atomic E-state index is -0.570. The van der Waals surface area contributed by atoms with Gasteiger partial charge in [-0.1, -0.05) is 4.49 Å². The molecule has 0 aromatic carbocycles. The van der Waals surface area contributed by atoms with Gasteiger partial charge in [-0.05, 0) is 24.9 Å². The topological polar surface area (TPSA) is 64.6 Å². The van der Waals surface area contributed by atoms with E-state index in [4.69, 9.17) is 9.47 Å². The maximum absolute atomic E-state index is 12.4. The van der Waals surface area contributed by atoms with E-state index in [1.54, 1.807) is 11.8 Å². The molecule has 0 N–H and O–H groups in total. The lowest BCUT2D eigenvalue weighted by atomic mass is 10.0. The number of hydrogen-bond donors (Lipinski definition) is 0. The lowest BCUT2D eigenvalue weighted by molar-refractivity contribution is -0.183. The number of piperidine rings is 1. The first-order valence-corrected chi connectivity index (χ1v) is 6.84. The predicted molar refractivity (Wildman–Crippen MR) is 64.4 cm³/mol. The third kappa shape index (κ3) is 2.02. The van der Waals surface area contributed by atoms with Crippen LogP contribution in [0.4, 0.5) is 0 Å². The summed E-state index contributed by atoms with van der Waals surface area (Å²) in [5, 5.41) is 3.88. The first kappa shape index (κ1) is 12.0. The summed E-state index contributed by atoms with van der Waals surface area (Å²) in [6, 6.07) is 0. The van der Waals surface area contributed by atoms with Gasteiger partial charge in [0.15, 0.2) is 5.79 Å². The highest BCUT2D eigenvalue weighted by molar-refractivity contribution is 7.07. The fourth-order valence-corrected chi connectivity index (χ4v) is 3.09. The third-order valence-electron chi connectivity index (χ3n) is 3.36. The van der Waals surface area contributed by atoms with Gasteiger partial charge in [-0.2, -0.15) is 0 Å². The monoisotopic (exact) mass is 269 g/mol. The largest absolute Gasteiger partial charge is 0.346 e. The normalized spacial score (nSPS) is 22.6. The van der Waals surface area contributed by atoms with E-state index < -0.39 is 5.79 Å². The van der Waals surface area contributed by atoms with Crippen molar-refractivity contribution in [3.05, 3.63) is 10.6 Å². The van der Waals surface area contributed by atoms with Crippen molar-refractivity contribution in [1.82, 2.24) is 14.5 Å². The molecule has 98 valence electrons. The molecule has 1 amide bonds. The van der Waals surface area contributed by atoms with E-state index in [1.807, 2.05) is 0 Å². The molecule has 2 saturated heterocycles. The first-order chi connectivity index (χ1) is 8.70. The molecule has 1 spiro atoms. The number of aromatic nitrogens is 2. The van der Waals surface area contributed by atoms with Gasteiger partial charge in [0, 0.05) is 13.0 Å². The van der Waals surface area contributed by atoms with Crippen LogP contribution in [0.3, 0.4) is 0 Å². The highest BCUT2D eigenvalue weighted by Gasteiger charge is 2.42. The van der Waals surface area contributed by atoms with E-state index in [0.717, 1.165) is 30.9 Å². The van der Waals surface area contributed by atoms with Crippen LogP contribution in [-0.2, 0) is 9.47 Å². The van der Waals surface area contributed by atoms with Crippen LogP contribution in [0.2, 0.25) is 0 Å². The summed E-state index contributed by atoms with van der Waals surface area (Å²) in [7, 11) is 0. The Labute approximate surface area is 109 Å². The Bertz CT molecular complexity index is 456. The summed E-state index contributed by atoms with van der Waals surface area (Å²) >= 11 is 1.15. The van der Waals surface area contributed by atoms with Crippen LogP contribution in [0.25, 0.3) is 0 Å². The maximum Gasteiger partial charge on any atom is 0.267 e. The van der Waals surface area contributed by atoms with Gasteiger partial charge < -0.3 is 14.4 Å². The molecule has 1 aromatic heterocycles. The predicted octanol–water partition coefficient (Wildman–Crippen LogP) is 0.826. The summed E-state index contributed by atoms with van der Waals surface area (Å²) in [6.07, 6.45) is 1.76. The minimum Gasteiger partial charge on any atom is -0.346 e. The molecule has 2 aliphatic heterocycles. The molecule has 0 saturated carbocycles. The second-order valence-electron chi connectivity index (χ2n) is 4.63. The van der Waals surface area contributed by atoms with E-state index in [9.17, 15) is 4.79 Å². The summed E-state index contributed by atoms with van der Waals surface area (Å²) in [4.78, 5) is 14.8. The maximum atomic E-state index is 12.4. The molecule has 3 rings (SSSR count). The van der Waals surface area contributed by atoms with Crippen molar-refractivity contribution in [2.75, 3.05) is 26.3 Å². The molecule has 6 nitrogen and oxygen atoms in total. The second kappa shape index (κ2) is 4.56. The molecule has 2 aliphatic rings. The van der Waals surface area contributed by atoms with Gasteiger partial charge >= 0.3 is 0 Å². The standard InChI is InChI=1S/C11H15N3O3S/c1-8-9(18-13-12-8)10(15)14-4-2-3-11(7-14)16-5-6-17-11/h2-7H2,1H3. The Balaban J connectivity index is 1.76. The molecule has 2 fully saturated rings. The van der Waals surface area contributed by atoms with E-state index in [0.29, 0.717) is 30.3 Å². The van der Waals surface area contributed by atoms with Gasteiger partial charge in [-0.15, -0.1) is 5.10 Å². The SMILES string of the molecule is Cc1nnsc1C(=O)N1CCCC2(C1)OCCO2. The lowest BCUT2D eigenvalue weighted by Crippen LogP contribution is -2.51. The molecule has 0 atom stereocenters. The highest BCUT2D eigenvalue weighted by Crippen LogP contribution is 2.31. The van der Waals surface area contributed by atoms with Crippen molar-refractivity contribution in [3.63, 3.8) is 0 Å². The van der Waals surface area contributed by atoms with Crippen LogP contribution < -0.4 is 0 Å². The average Bonchev–Trinajstić information content (AvgIpc) is 2.98. The Hall–Kier alpha value is -1.05. The number of likely N-dealkylation sites (tertiary alicyclic amines) is 1. The number of nitrogens with zero attached hydrogens (tertiary/aromatic N) is 3. The van der Waals surface area contributed by atoms with E-state index in [-0.39, 0.29) is 5.91 Å². The zero-order valence-corrected chi connectivity index (χ0v) is 11.0. The van der Waals surface area contributed by atoms with Crippen LogP contribution in [-0.4, -0.2) is 52.5 Å². The first-order valence-electron chi connectivity index (χ1n) is 6.06. The molecule has 7 heteroatoms. The molecule has 0 radical (unpaired) electrons. The number of amides is 1. The van der Waals surface area contributed by atoms with Gasteiger partial charge in [0.2, 0.25) is 0 Å². The van der Waals surface area contributed by atoms with Gasteiger partial charge in [-0.25, -0.2) is 0 Å². The highest BCUT2D eigenvalue weighted by atomic mass is 32.1. The van der Waals surface area contributed by atoms with Crippen LogP contribution in [0.5, 0.6) is 0 Å². The number of carbonyl (C=O) groups excluding carboxylic acids is 1. The fourth-order valence-electron chi connectivity index (χ4n) is 2.47. The number of aryl methyl sites for hydroxylation is 1. The zero-order chi connectivity index (χ0) is 12.6. The lowest BCUT2D eigenvalue weighted by Gasteiger charge is -2.38. The van der Waals surface area contributed by atoms with Gasteiger partial charge in [0.25, 0.3) is 5.91 Å². The summed E-state index contributed by atoms with van der Waals surface area (Å²) in [5.74, 6) is -0.583. The van der Waals surface area contributed by atoms with Crippen LogP contribution >= 0.6 is 11.5 Å². The molecule has 0 bridgehead atoms. The van der Waals surface area contributed by atoms with Crippen LogP contribution in [0.1, 0.15) is 28.2 Å². The molecular weight excluding hydrogens is 254 g/mol. The molecule has 0 aliphatic carbocycles. The summed E-state index contributed by atoms with van der Waals surface area (Å²) in [5.41, 5.74) is 0.692. The van der Waals surface area contributed by atoms with Crippen molar-refractivity contribution in [2.24, 2.45) is 0 Å². The van der Waals surface area contributed by atoms with Gasteiger partial charge in [0.05, 0.1) is 25.5 Å². The Morgan fingerprint density at radius 1 is 1.44 bits per heavy atom. The smallest absolute Gasteiger partial charge is 0.267 e. The third-order valence-corrected chi connectivity index (χ3v) is 4.18. The van der Waals surface area contributed by atoms with Crippen molar-refractivity contribution < 1.29 is 14.3 Å². The van der Waals surface area contributed by atoms with Crippen molar-refractivity contribution in [3.8, 4) is 0 Å². The Kier molecular flexibility index (Phi) is 3.04. The van der Waals surface area contributed by atoms with E-state index in [2.05, 4.69) is 9.59 Å². The average molecular weight is 269 g/mol. The molecule has 18 heavy (non-hydrogen) atoms. The summed E-state index contributed by atoms with van der Waals surface area (Å²) < 4.78 is 15.1. The van der Waals surface area contributed by atoms with E-state index >= 15 is 0 Å². The summed E-state index contributed by atoms with van der Waals surface area (Å²) in [6.45, 7) is 4.28. The van der Waals surface area contributed by atoms with Crippen molar-refractivity contribution in [1.29, 1.82) is 0 Å². The van der Waals surface area contributed by atoms with E-state index in [1.165, 1.54) is 0 Å². The zero-order valence-electron chi connectivity index (χ0n) is 10.2. The molecule has 3 heterocycles. The molecular formula is C11H15N3O3S. The number of rotatable bonds is 1. The Morgan fingerprint density at radius 3 is 2.89 bits per heavy atom.